The number of amides is 1. The van der Waals surface area contributed by atoms with Crippen molar-refractivity contribution in [2.45, 2.75) is 6.42 Å². The quantitative estimate of drug-likeness (QED) is 0.768. The van der Waals surface area contributed by atoms with Crippen molar-refractivity contribution in [2.24, 2.45) is 5.73 Å². The first-order chi connectivity index (χ1) is 6.59. The summed E-state index contributed by atoms with van der Waals surface area (Å²) in [5, 5.41) is 2.74. The fraction of sp³-hybridized carbons (Fsp3) is 0.222. The Bertz CT molecular complexity index is 342. The number of hydrogen-bond donors (Lipinski definition) is 2. The van der Waals surface area contributed by atoms with E-state index < -0.39 is 17.5 Å². The Hall–Kier alpha value is -1.65. The number of hydrogen-bond acceptors (Lipinski definition) is 2. The van der Waals surface area contributed by atoms with Crippen molar-refractivity contribution < 1.29 is 13.6 Å². The SMILES string of the molecule is NC(=O)CCNc1ccc(F)c(F)c1. The molecule has 0 radical (unpaired) electrons. The first-order valence-corrected chi connectivity index (χ1v) is 4.07. The number of nitrogens with two attached hydrogens (primary N) is 1. The second-order valence-corrected chi connectivity index (χ2v) is 2.77. The largest absolute Gasteiger partial charge is 0.384 e. The average Bonchev–Trinajstić information content (AvgIpc) is 2.10. The second kappa shape index (κ2) is 4.55. The van der Waals surface area contributed by atoms with Crippen molar-refractivity contribution >= 4 is 11.6 Å². The van der Waals surface area contributed by atoms with Crippen LogP contribution in [-0.4, -0.2) is 12.5 Å². The van der Waals surface area contributed by atoms with E-state index in [4.69, 9.17) is 5.73 Å². The molecule has 3 nitrogen and oxygen atoms in total. The molecule has 5 heteroatoms. The van der Waals surface area contributed by atoms with Crippen LogP contribution in [0.3, 0.4) is 0 Å². The molecule has 1 aromatic rings. The van der Waals surface area contributed by atoms with Gasteiger partial charge in [-0.1, -0.05) is 0 Å². The van der Waals surface area contributed by atoms with Crippen molar-refractivity contribution in [1.29, 1.82) is 0 Å². The first kappa shape index (κ1) is 10.4. The molecule has 1 amide bonds. The Morgan fingerprint density at radius 1 is 1.36 bits per heavy atom. The molecule has 0 unspecified atom stereocenters. The van der Waals surface area contributed by atoms with Gasteiger partial charge in [-0.2, -0.15) is 0 Å². The summed E-state index contributed by atoms with van der Waals surface area (Å²) in [5.74, 6) is -2.26. The van der Waals surface area contributed by atoms with Crippen LogP contribution in [0.25, 0.3) is 0 Å². The summed E-state index contributed by atoms with van der Waals surface area (Å²) in [6, 6.07) is 3.43. The van der Waals surface area contributed by atoms with Crippen LogP contribution in [0, 0.1) is 11.6 Å². The number of halogens is 2. The van der Waals surface area contributed by atoms with E-state index in [1.807, 2.05) is 0 Å². The van der Waals surface area contributed by atoms with Gasteiger partial charge in [-0.3, -0.25) is 4.79 Å². The molecule has 0 aliphatic carbocycles. The maximum atomic E-state index is 12.7. The van der Waals surface area contributed by atoms with Gasteiger partial charge >= 0.3 is 0 Å². The molecule has 14 heavy (non-hydrogen) atoms. The zero-order valence-electron chi connectivity index (χ0n) is 7.39. The van der Waals surface area contributed by atoms with Crippen molar-refractivity contribution in [3.05, 3.63) is 29.8 Å². The van der Waals surface area contributed by atoms with Crippen LogP contribution in [0.4, 0.5) is 14.5 Å². The summed E-state index contributed by atoms with van der Waals surface area (Å²) in [5.41, 5.74) is 5.32. The lowest BCUT2D eigenvalue weighted by molar-refractivity contribution is -0.117. The Labute approximate surface area is 79.9 Å². The molecule has 0 aliphatic rings. The third kappa shape index (κ3) is 3.01. The molecule has 0 saturated carbocycles. The Morgan fingerprint density at radius 2 is 2.07 bits per heavy atom. The summed E-state index contributed by atoms with van der Waals surface area (Å²) in [6.07, 6.45) is 0.152. The lowest BCUT2D eigenvalue weighted by atomic mass is 10.3. The van der Waals surface area contributed by atoms with Gasteiger partial charge in [-0.15, -0.1) is 0 Å². The average molecular weight is 200 g/mol. The number of rotatable bonds is 4. The zero-order valence-corrected chi connectivity index (χ0v) is 7.39. The molecule has 76 valence electrons. The molecule has 0 aliphatic heterocycles. The summed E-state index contributed by atoms with van der Waals surface area (Å²) >= 11 is 0. The lowest BCUT2D eigenvalue weighted by Gasteiger charge is -2.04. The van der Waals surface area contributed by atoms with Crippen molar-refractivity contribution in [3.63, 3.8) is 0 Å². The first-order valence-electron chi connectivity index (χ1n) is 4.07. The molecule has 1 aromatic carbocycles. The molecular formula is C9H10F2N2O. The van der Waals surface area contributed by atoms with Gasteiger partial charge in [0.25, 0.3) is 0 Å². The summed E-state index contributed by atoms with van der Waals surface area (Å²) in [6.45, 7) is 0.306. The Kier molecular flexibility index (Phi) is 3.39. The fourth-order valence-corrected chi connectivity index (χ4v) is 0.936. The van der Waals surface area contributed by atoms with E-state index in [1.165, 1.54) is 6.07 Å². The molecule has 0 saturated heterocycles. The van der Waals surface area contributed by atoms with Crippen molar-refractivity contribution in [2.75, 3.05) is 11.9 Å². The van der Waals surface area contributed by atoms with Gasteiger partial charge in [0.15, 0.2) is 11.6 Å². The van der Waals surface area contributed by atoms with E-state index in [-0.39, 0.29) is 6.42 Å². The third-order valence-electron chi connectivity index (χ3n) is 1.62. The Balaban J connectivity index is 2.51. The predicted octanol–water partition coefficient (Wildman–Crippen LogP) is 1.25. The van der Waals surface area contributed by atoms with E-state index in [2.05, 4.69) is 5.32 Å². The lowest BCUT2D eigenvalue weighted by Crippen LogP contribution is -2.15. The number of nitrogens with one attached hydrogen (secondary N) is 1. The van der Waals surface area contributed by atoms with Gasteiger partial charge in [0.2, 0.25) is 5.91 Å². The normalized spacial score (nSPS) is 9.86. The van der Waals surface area contributed by atoms with Crippen LogP contribution in [0.15, 0.2) is 18.2 Å². The van der Waals surface area contributed by atoms with Crippen molar-refractivity contribution in [1.82, 2.24) is 0 Å². The molecule has 0 spiro atoms. The van der Waals surface area contributed by atoms with Crippen LogP contribution >= 0.6 is 0 Å². The number of carbonyl (C=O) groups excluding carboxylic acids is 1. The molecule has 0 heterocycles. The highest BCUT2D eigenvalue weighted by molar-refractivity contribution is 5.74. The van der Waals surface area contributed by atoms with Gasteiger partial charge in [-0.05, 0) is 18.2 Å². The highest BCUT2D eigenvalue weighted by Gasteiger charge is 2.01. The topological polar surface area (TPSA) is 55.1 Å². The van der Waals surface area contributed by atoms with E-state index in [1.54, 1.807) is 0 Å². The summed E-state index contributed by atoms with van der Waals surface area (Å²) in [7, 11) is 0. The van der Waals surface area contributed by atoms with Gasteiger partial charge < -0.3 is 11.1 Å². The number of primary amides is 1. The van der Waals surface area contributed by atoms with Crippen LogP contribution < -0.4 is 11.1 Å². The zero-order chi connectivity index (χ0) is 10.6. The number of anilines is 1. The van der Waals surface area contributed by atoms with Gasteiger partial charge in [0, 0.05) is 18.7 Å². The van der Waals surface area contributed by atoms with E-state index in [0.717, 1.165) is 12.1 Å². The van der Waals surface area contributed by atoms with Crippen LogP contribution in [0.5, 0.6) is 0 Å². The van der Waals surface area contributed by atoms with Gasteiger partial charge in [0.1, 0.15) is 0 Å². The second-order valence-electron chi connectivity index (χ2n) is 2.77. The highest BCUT2D eigenvalue weighted by Crippen LogP contribution is 2.12. The van der Waals surface area contributed by atoms with E-state index in [0.29, 0.717) is 12.2 Å². The summed E-state index contributed by atoms with van der Waals surface area (Å²) < 4.78 is 25.1. The molecular weight excluding hydrogens is 190 g/mol. The smallest absolute Gasteiger partial charge is 0.219 e. The minimum Gasteiger partial charge on any atom is -0.384 e. The standard InChI is InChI=1S/C9H10F2N2O/c10-7-2-1-6(5-8(7)11)13-4-3-9(12)14/h1-2,5,13H,3-4H2,(H2,12,14). The fourth-order valence-electron chi connectivity index (χ4n) is 0.936. The third-order valence-corrected chi connectivity index (χ3v) is 1.62. The van der Waals surface area contributed by atoms with Gasteiger partial charge in [-0.25, -0.2) is 8.78 Å². The maximum Gasteiger partial charge on any atom is 0.219 e. The number of carbonyl (C=O) groups is 1. The monoisotopic (exact) mass is 200 g/mol. The van der Waals surface area contributed by atoms with Crippen LogP contribution in [0.2, 0.25) is 0 Å². The molecule has 1 rings (SSSR count). The number of benzene rings is 1. The molecule has 0 atom stereocenters. The van der Waals surface area contributed by atoms with Crippen LogP contribution in [0.1, 0.15) is 6.42 Å². The van der Waals surface area contributed by atoms with Gasteiger partial charge in [0.05, 0.1) is 0 Å². The predicted molar refractivity (Wildman–Crippen MR) is 48.7 cm³/mol. The van der Waals surface area contributed by atoms with E-state index >= 15 is 0 Å². The summed E-state index contributed by atoms with van der Waals surface area (Å²) in [4.78, 5) is 10.4. The maximum absolute atomic E-state index is 12.7. The van der Waals surface area contributed by atoms with E-state index in [9.17, 15) is 13.6 Å². The van der Waals surface area contributed by atoms with Crippen LogP contribution in [-0.2, 0) is 4.79 Å². The Morgan fingerprint density at radius 3 is 2.64 bits per heavy atom. The van der Waals surface area contributed by atoms with Crippen molar-refractivity contribution in [3.8, 4) is 0 Å². The minimum absolute atomic E-state index is 0.152. The molecule has 3 N–H and O–H groups in total. The molecule has 0 fully saturated rings. The minimum atomic E-state index is -0.922. The molecule has 0 bridgehead atoms. The molecule has 0 aromatic heterocycles. The highest BCUT2D eigenvalue weighted by atomic mass is 19.2.